The third-order valence-electron chi connectivity index (χ3n) is 16.0. The first-order chi connectivity index (χ1) is 40.3. The summed E-state index contributed by atoms with van der Waals surface area (Å²) in [6.45, 7) is 11.7. The molecule has 3 N–H and O–H groups in total. The Hall–Kier alpha value is -1.94. The number of rotatable bonds is 63. The van der Waals surface area contributed by atoms with Gasteiger partial charge in [-0.15, -0.1) is 0 Å². The molecule has 0 bridgehead atoms. The Morgan fingerprint density at radius 2 is 0.571 bits per heavy atom. The van der Waals surface area contributed by atoms with Crippen molar-refractivity contribution in [2.45, 2.75) is 336 Å². The molecular formula is C65H126O17P2. The molecule has 0 aromatic carbocycles. The average Bonchev–Trinajstić information content (AvgIpc) is 3.54. The lowest BCUT2D eigenvalue weighted by Crippen LogP contribution is -2.30. The SMILES string of the molecule is CCCCCCCCCCCCCCC(=O)OC[C@H](COP(=O)(O)OC[C@@H](O)COP(=O)(O)OC[C@@H](COC(=O)CCCCCCCCC(C)CC)OC(=O)CCCCCCCCC(C)CC)OC(=O)CCCCCCCCCCC(C)CC. The highest BCUT2D eigenvalue weighted by Crippen LogP contribution is 2.45. The van der Waals surface area contributed by atoms with Gasteiger partial charge in [-0.05, 0) is 43.4 Å². The van der Waals surface area contributed by atoms with Crippen molar-refractivity contribution in [2.24, 2.45) is 17.8 Å². The van der Waals surface area contributed by atoms with E-state index in [9.17, 15) is 43.2 Å². The van der Waals surface area contributed by atoms with Crippen LogP contribution in [-0.2, 0) is 65.4 Å². The van der Waals surface area contributed by atoms with Crippen LogP contribution < -0.4 is 0 Å². The Bertz CT molecular complexity index is 1670. The van der Waals surface area contributed by atoms with Gasteiger partial charge in [0, 0.05) is 25.7 Å². The summed E-state index contributed by atoms with van der Waals surface area (Å²) in [6.07, 6.45) is 37.5. The molecule has 0 aromatic rings. The molecule has 0 amide bonds. The van der Waals surface area contributed by atoms with Crippen LogP contribution >= 0.6 is 15.6 Å². The molecule has 8 atom stereocenters. The number of aliphatic hydroxyl groups excluding tert-OH is 1. The summed E-state index contributed by atoms with van der Waals surface area (Å²) >= 11 is 0. The lowest BCUT2D eigenvalue weighted by atomic mass is 9.99. The van der Waals surface area contributed by atoms with Gasteiger partial charge in [0.2, 0.25) is 0 Å². The van der Waals surface area contributed by atoms with E-state index in [1.165, 1.54) is 122 Å². The zero-order valence-electron chi connectivity index (χ0n) is 54.4. The highest BCUT2D eigenvalue weighted by molar-refractivity contribution is 7.47. The summed E-state index contributed by atoms with van der Waals surface area (Å²) < 4.78 is 68.0. The van der Waals surface area contributed by atoms with Crippen molar-refractivity contribution < 1.29 is 80.2 Å². The molecule has 0 aliphatic carbocycles. The van der Waals surface area contributed by atoms with Gasteiger partial charge in [-0.1, -0.05) is 267 Å². The second-order valence-electron chi connectivity index (χ2n) is 24.2. The first kappa shape index (κ1) is 82.1. The molecule has 0 spiro atoms. The van der Waals surface area contributed by atoms with E-state index in [4.69, 9.17) is 37.0 Å². The Morgan fingerprint density at radius 3 is 0.845 bits per heavy atom. The number of aliphatic hydroxyl groups is 1. The van der Waals surface area contributed by atoms with Crippen LogP contribution in [0.5, 0.6) is 0 Å². The molecule has 0 heterocycles. The van der Waals surface area contributed by atoms with Gasteiger partial charge >= 0.3 is 39.5 Å². The van der Waals surface area contributed by atoms with E-state index in [0.29, 0.717) is 25.7 Å². The van der Waals surface area contributed by atoms with E-state index in [1.54, 1.807) is 0 Å². The zero-order chi connectivity index (χ0) is 62.4. The van der Waals surface area contributed by atoms with Crippen molar-refractivity contribution in [3.8, 4) is 0 Å². The molecule has 84 heavy (non-hydrogen) atoms. The standard InChI is InChI=1S/C65H126O17P2/c1-8-12-13-14-15-16-17-18-19-23-32-39-46-62(67)75-52-60(81-64(69)48-41-34-24-21-20-22-29-36-43-56(5)9-2)54-79-83(71,72)77-50-59(66)51-78-84(73,74)80-55-61(82-65(70)49-42-35-28-26-31-38-45-58(7)11-4)53-76-63(68)47-40-33-27-25-30-37-44-57(6)10-3/h56-61,66H,8-55H2,1-7H3,(H,71,72)(H,73,74)/t56?,57?,58?,59-,60-,61-/m1/s1. The Balaban J connectivity index is 5.27. The monoisotopic (exact) mass is 1240 g/mol. The minimum atomic E-state index is -4.95. The van der Waals surface area contributed by atoms with Crippen molar-refractivity contribution in [3.05, 3.63) is 0 Å². The molecule has 0 rings (SSSR count). The largest absolute Gasteiger partial charge is 0.472 e. The number of carbonyl (C=O) groups is 4. The number of phosphoric ester groups is 2. The van der Waals surface area contributed by atoms with Gasteiger partial charge in [0.25, 0.3) is 0 Å². The van der Waals surface area contributed by atoms with Crippen LogP contribution in [0.2, 0.25) is 0 Å². The van der Waals surface area contributed by atoms with Crippen LogP contribution in [0.3, 0.4) is 0 Å². The predicted molar refractivity (Wildman–Crippen MR) is 335 cm³/mol. The van der Waals surface area contributed by atoms with E-state index >= 15 is 0 Å². The summed E-state index contributed by atoms with van der Waals surface area (Å²) in [5.41, 5.74) is 0. The van der Waals surface area contributed by atoms with Crippen molar-refractivity contribution in [3.63, 3.8) is 0 Å². The molecule has 0 saturated carbocycles. The van der Waals surface area contributed by atoms with Crippen LogP contribution in [0.1, 0.15) is 318 Å². The molecule has 0 fully saturated rings. The lowest BCUT2D eigenvalue weighted by Gasteiger charge is -2.21. The number of esters is 4. The van der Waals surface area contributed by atoms with E-state index in [0.717, 1.165) is 114 Å². The number of unbranched alkanes of at least 4 members (excludes halogenated alkanes) is 28. The van der Waals surface area contributed by atoms with Gasteiger partial charge < -0.3 is 33.8 Å². The summed E-state index contributed by atoms with van der Waals surface area (Å²) in [5, 5.41) is 10.5. The number of hydrogen-bond acceptors (Lipinski definition) is 15. The summed E-state index contributed by atoms with van der Waals surface area (Å²) in [5.74, 6) is 0.0827. The van der Waals surface area contributed by atoms with Crippen molar-refractivity contribution in [2.75, 3.05) is 39.6 Å². The molecule has 5 unspecified atom stereocenters. The molecule has 19 heteroatoms. The molecule has 17 nitrogen and oxygen atoms in total. The van der Waals surface area contributed by atoms with Crippen LogP contribution in [0.25, 0.3) is 0 Å². The smallest absolute Gasteiger partial charge is 0.462 e. The van der Waals surface area contributed by atoms with E-state index < -0.39 is 97.5 Å². The fourth-order valence-corrected chi connectivity index (χ4v) is 11.1. The molecule has 0 saturated heterocycles. The van der Waals surface area contributed by atoms with Crippen molar-refractivity contribution in [1.29, 1.82) is 0 Å². The fraction of sp³-hybridized carbons (Fsp3) is 0.938. The van der Waals surface area contributed by atoms with Gasteiger partial charge in [0.05, 0.1) is 26.4 Å². The maximum absolute atomic E-state index is 13.0. The summed E-state index contributed by atoms with van der Waals surface area (Å²) in [7, 11) is -9.89. The minimum Gasteiger partial charge on any atom is -0.462 e. The van der Waals surface area contributed by atoms with Gasteiger partial charge in [-0.2, -0.15) is 0 Å². The highest BCUT2D eigenvalue weighted by Gasteiger charge is 2.30. The fourth-order valence-electron chi connectivity index (χ4n) is 9.56. The molecule has 0 aromatic heterocycles. The molecule has 0 radical (unpaired) electrons. The summed E-state index contributed by atoms with van der Waals surface area (Å²) in [6, 6.07) is 0. The van der Waals surface area contributed by atoms with Gasteiger partial charge in [0.15, 0.2) is 12.2 Å². The van der Waals surface area contributed by atoms with Crippen LogP contribution in [-0.4, -0.2) is 96.7 Å². The van der Waals surface area contributed by atoms with E-state index in [-0.39, 0.29) is 25.7 Å². The number of carbonyl (C=O) groups excluding carboxylic acids is 4. The molecule has 498 valence electrons. The van der Waals surface area contributed by atoms with Crippen molar-refractivity contribution >= 4 is 39.5 Å². The Kier molecular flexibility index (Phi) is 55.0. The normalized spacial score (nSPS) is 15.3. The molecular weight excluding hydrogens is 1110 g/mol. The predicted octanol–water partition coefficient (Wildman–Crippen LogP) is 17.9. The highest BCUT2D eigenvalue weighted by atomic mass is 31.2. The quantitative estimate of drug-likeness (QED) is 0.0222. The van der Waals surface area contributed by atoms with Crippen LogP contribution in [0.15, 0.2) is 0 Å². The maximum atomic E-state index is 13.0. The van der Waals surface area contributed by atoms with Crippen molar-refractivity contribution in [1.82, 2.24) is 0 Å². The number of ether oxygens (including phenoxy) is 4. The Morgan fingerprint density at radius 1 is 0.333 bits per heavy atom. The number of hydrogen-bond donors (Lipinski definition) is 3. The lowest BCUT2D eigenvalue weighted by molar-refractivity contribution is -0.161. The summed E-state index contributed by atoms with van der Waals surface area (Å²) in [4.78, 5) is 72.3. The average molecular weight is 1240 g/mol. The first-order valence-corrected chi connectivity index (χ1v) is 37.0. The topological polar surface area (TPSA) is 237 Å². The van der Waals surface area contributed by atoms with Gasteiger partial charge in [-0.25, -0.2) is 9.13 Å². The number of phosphoric acid groups is 2. The van der Waals surface area contributed by atoms with E-state index in [2.05, 4.69) is 48.5 Å². The van der Waals surface area contributed by atoms with Gasteiger partial charge in [-0.3, -0.25) is 37.3 Å². The maximum Gasteiger partial charge on any atom is 0.472 e. The second-order valence-corrected chi connectivity index (χ2v) is 27.1. The zero-order valence-corrected chi connectivity index (χ0v) is 56.1. The third kappa shape index (κ3) is 55.4. The minimum absolute atomic E-state index is 0.102. The van der Waals surface area contributed by atoms with Crippen LogP contribution in [0.4, 0.5) is 0 Å². The second kappa shape index (κ2) is 56.3. The first-order valence-electron chi connectivity index (χ1n) is 34.0. The molecule has 0 aliphatic rings. The molecule has 0 aliphatic heterocycles. The van der Waals surface area contributed by atoms with Gasteiger partial charge in [0.1, 0.15) is 19.3 Å². The van der Waals surface area contributed by atoms with Crippen LogP contribution in [0, 0.1) is 17.8 Å². The Labute approximate surface area is 511 Å². The van der Waals surface area contributed by atoms with E-state index in [1.807, 2.05) is 0 Å². The third-order valence-corrected chi connectivity index (χ3v) is 17.9.